The molecule has 1 aromatic carbocycles. The van der Waals surface area contributed by atoms with Crippen LogP contribution in [0.25, 0.3) is 0 Å². The third-order valence-electron chi connectivity index (χ3n) is 4.29. The van der Waals surface area contributed by atoms with E-state index in [0.717, 1.165) is 32.8 Å². The van der Waals surface area contributed by atoms with E-state index in [1.165, 1.54) is 0 Å². The minimum atomic E-state index is -0.156. The van der Waals surface area contributed by atoms with E-state index in [1.54, 1.807) is 10.9 Å². The highest BCUT2D eigenvalue weighted by atomic mass is 79.9. The number of anilines is 1. The van der Waals surface area contributed by atoms with Crippen molar-refractivity contribution in [2.24, 2.45) is 7.05 Å². The van der Waals surface area contributed by atoms with Gasteiger partial charge in [-0.3, -0.25) is 14.2 Å². The molecule has 25 heavy (non-hydrogen) atoms. The lowest BCUT2D eigenvalue weighted by molar-refractivity contribution is 0.102. The molecule has 0 spiro atoms. The molecule has 3 rings (SSSR count). The predicted octanol–water partition coefficient (Wildman–Crippen LogP) is 3.60. The van der Waals surface area contributed by atoms with Crippen LogP contribution in [-0.2, 0) is 13.6 Å². The van der Waals surface area contributed by atoms with E-state index in [-0.39, 0.29) is 5.91 Å². The average Bonchev–Trinajstić information content (AvgIpc) is 3.03. The number of hydrogen-bond acceptors (Lipinski definition) is 3. The van der Waals surface area contributed by atoms with E-state index in [0.29, 0.717) is 12.1 Å². The Bertz CT molecular complexity index is 941. The van der Waals surface area contributed by atoms with Gasteiger partial charge in [-0.25, -0.2) is 0 Å². The van der Waals surface area contributed by atoms with Crippen LogP contribution in [0.4, 0.5) is 5.69 Å². The van der Waals surface area contributed by atoms with Crippen LogP contribution in [0.5, 0.6) is 0 Å². The van der Waals surface area contributed by atoms with E-state index >= 15 is 0 Å². The first-order valence-corrected chi connectivity index (χ1v) is 8.74. The van der Waals surface area contributed by atoms with E-state index in [4.69, 9.17) is 0 Å². The number of halogens is 1. The number of aryl methyl sites for hydroxylation is 2. The van der Waals surface area contributed by atoms with Crippen molar-refractivity contribution in [3.8, 4) is 0 Å². The minimum Gasteiger partial charge on any atom is -0.322 e. The Morgan fingerprint density at radius 3 is 2.60 bits per heavy atom. The molecule has 7 heteroatoms. The number of nitrogens with zero attached hydrogens (tertiary/aromatic N) is 4. The summed E-state index contributed by atoms with van der Waals surface area (Å²) in [5, 5.41) is 11.6. The molecule has 3 aromatic rings. The van der Waals surface area contributed by atoms with Gasteiger partial charge in [0.25, 0.3) is 5.91 Å². The van der Waals surface area contributed by atoms with Crippen molar-refractivity contribution >= 4 is 27.5 Å². The molecule has 0 atom stereocenters. The molecule has 1 amide bonds. The number of rotatable bonds is 4. The molecule has 6 nitrogen and oxygen atoms in total. The van der Waals surface area contributed by atoms with Gasteiger partial charge in [0.15, 0.2) is 0 Å². The molecule has 0 fully saturated rings. The Labute approximate surface area is 155 Å². The summed E-state index contributed by atoms with van der Waals surface area (Å²) >= 11 is 3.55. The summed E-state index contributed by atoms with van der Waals surface area (Å²) in [6, 6.07) is 7.80. The van der Waals surface area contributed by atoms with E-state index in [2.05, 4.69) is 31.4 Å². The number of aromatic nitrogens is 4. The van der Waals surface area contributed by atoms with Gasteiger partial charge in [0.2, 0.25) is 0 Å². The number of amides is 1. The topological polar surface area (TPSA) is 64.7 Å². The zero-order valence-electron chi connectivity index (χ0n) is 14.7. The summed E-state index contributed by atoms with van der Waals surface area (Å²) in [5.74, 6) is -0.156. The fraction of sp³-hybridized carbons (Fsp3) is 0.278. The highest BCUT2D eigenvalue weighted by Gasteiger charge is 2.13. The molecule has 0 unspecified atom stereocenters. The van der Waals surface area contributed by atoms with Crippen molar-refractivity contribution in [1.29, 1.82) is 0 Å². The maximum Gasteiger partial charge on any atom is 0.259 e. The molecule has 0 radical (unpaired) electrons. The Morgan fingerprint density at radius 1 is 1.24 bits per heavy atom. The third-order valence-corrected chi connectivity index (χ3v) is 5.44. The van der Waals surface area contributed by atoms with Gasteiger partial charge < -0.3 is 5.32 Å². The summed E-state index contributed by atoms with van der Waals surface area (Å²) in [5.41, 5.74) is 5.29. The van der Waals surface area contributed by atoms with Crippen molar-refractivity contribution in [2.45, 2.75) is 27.3 Å². The maximum atomic E-state index is 12.4. The molecule has 2 aromatic heterocycles. The molecule has 0 bridgehead atoms. The molecule has 2 heterocycles. The third kappa shape index (κ3) is 3.51. The van der Waals surface area contributed by atoms with Crippen LogP contribution in [0.3, 0.4) is 0 Å². The minimum absolute atomic E-state index is 0.156. The Morgan fingerprint density at radius 2 is 2.00 bits per heavy atom. The van der Waals surface area contributed by atoms with E-state index < -0.39 is 0 Å². The van der Waals surface area contributed by atoms with Gasteiger partial charge in [-0.05, 0) is 54.4 Å². The summed E-state index contributed by atoms with van der Waals surface area (Å²) in [7, 11) is 1.82. The molecule has 0 saturated carbocycles. The zero-order valence-corrected chi connectivity index (χ0v) is 16.3. The molecular formula is C18H20BrN5O. The van der Waals surface area contributed by atoms with Crippen molar-refractivity contribution in [1.82, 2.24) is 19.6 Å². The highest BCUT2D eigenvalue weighted by Crippen LogP contribution is 2.21. The number of hydrogen-bond donors (Lipinski definition) is 1. The van der Waals surface area contributed by atoms with Gasteiger partial charge in [0, 0.05) is 18.4 Å². The van der Waals surface area contributed by atoms with Gasteiger partial charge >= 0.3 is 0 Å². The highest BCUT2D eigenvalue weighted by molar-refractivity contribution is 9.10. The standard InChI is InChI=1S/C18H20BrN5O/c1-11-17(19)13(3)24(22-11)10-14-6-5-7-15(8-14)21-18(25)16-9-20-23(4)12(16)2/h5-9H,10H2,1-4H3,(H,21,25). The smallest absolute Gasteiger partial charge is 0.259 e. The first-order valence-electron chi connectivity index (χ1n) is 7.95. The Balaban J connectivity index is 1.78. The molecule has 130 valence electrons. The summed E-state index contributed by atoms with van der Waals surface area (Å²) in [6.45, 7) is 6.52. The lowest BCUT2D eigenvalue weighted by atomic mass is 10.2. The fourth-order valence-electron chi connectivity index (χ4n) is 2.67. The molecule has 1 N–H and O–H groups in total. The van der Waals surface area contributed by atoms with Crippen LogP contribution in [-0.4, -0.2) is 25.5 Å². The number of carbonyl (C=O) groups is 1. The summed E-state index contributed by atoms with van der Waals surface area (Å²) in [4.78, 5) is 12.4. The second kappa shape index (κ2) is 6.84. The van der Waals surface area contributed by atoms with Crippen molar-refractivity contribution in [3.05, 3.63) is 63.1 Å². The van der Waals surface area contributed by atoms with Crippen molar-refractivity contribution < 1.29 is 4.79 Å². The number of benzene rings is 1. The summed E-state index contributed by atoms with van der Waals surface area (Å²) < 4.78 is 4.67. The van der Waals surface area contributed by atoms with Gasteiger partial charge in [-0.2, -0.15) is 10.2 Å². The van der Waals surface area contributed by atoms with Crippen LogP contribution in [0.1, 0.15) is 33.0 Å². The number of nitrogens with one attached hydrogen (secondary N) is 1. The fourth-order valence-corrected chi connectivity index (χ4v) is 2.95. The van der Waals surface area contributed by atoms with Gasteiger partial charge in [-0.15, -0.1) is 0 Å². The molecular weight excluding hydrogens is 382 g/mol. The lowest BCUT2D eigenvalue weighted by Gasteiger charge is -2.09. The van der Waals surface area contributed by atoms with Gasteiger partial charge in [0.05, 0.1) is 34.2 Å². The molecule has 0 aliphatic rings. The first kappa shape index (κ1) is 17.4. The van der Waals surface area contributed by atoms with Gasteiger partial charge in [0.1, 0.15) is 0 Å². The molecule has 0 saturated heterocycles. The van der Waals surface area contributed by atoms with Crippen molar-refractivity contribution in [3.63, 3.8) is 0 Å². The summed E-state index contributed by atoms with van der Waals surface area (Å²) in [6.07, 6.45) is 1.59. The number of carbonyl (C=O) groups excluding carboxylic acids is 1. The van der Waals surface area contributed by atoms with E-state index in [1.807, 2.05) is 56.8 Å². The normalized spacial score (nSPS) is 10.9. The Hall–Kier alpha value is -2.41. The maximum absolute atomic E-state index is 12.4. The van der Waals surface area contributed by atoms with Crippen LogP contribution < -0.4 is 5.32 Å². The van der Waals surface area contributed by atoms with Crippen LogP contribution in [0.15, 0.2) is 34.9 Å². The lowest BCUT2D eigenvalue weighted by Crippen LogP contribution is -2.13. The SMILES string of the molecule is Cc1nn(Cc2cccc(NC(=O)c3cnn(C)c3C)c2)c(C)c1Br. The van der Waals surface area contributed by atoms with Crippen molar-refractivity contribution in [2.75, 3.05) is 5.32 Å². The predicted molar refractivity (Wildman–Crippen MR) is 101 cm³/mol. The zero-order chi connectivity index (χ0) is 18.1. The van der Waals surface area contributed by atoms with Crippen LogP contribution >= 0.6 is 15.9 Å². The van der Waals surface area contributed by atoms with Gasteiger partial charge in [-0.1, -0.05) is 12.1 Å². The van der Waals surface area contributed by atoms with Crippen LogP contribution in [0, 0.1) is 20.8 Å². The van der Waals surface area contributed by atoms with E-state index in [9.17, 15) is 4.79 Å². The second-order valence-corrected chi connectivity index (χ2v) is 6.86. The molecule has 0 aliphatic heterocycles. The van der Waals surface area contributed by atoms with Crippen LogP contribution in [0.2, 0.25) is 0 Å². The monoisotopic (exact) mass is 401 g/mol. The first-order chi connectivity index (χ1) is 11.9. The Kier molecular flexibility index (Phi) is 4.76. The largest absolute Gasteiger partial charge is 0.322 e. The second-order valence-electron chi connectivity index (χ2n) is 6.06. The average molecular weight is 402 g/mol. The quantitative estimate of drug-likeness (QED) is 0.725. The molecule has 0 aliphatic carbocycles.